The first kappa shape index (κ1) is 35.6. The summed E-state index contributed by atoms with van der Waals surface area (Å²) < 4.78 is 36.1. The number of ether oxygens (including phenoxy) is 1. The number of carboxylic acid groups (broad SMARTS) is 2. The number of fused-ring (bicyclic) bond motifs is 1. The third-order valence-electron chi connectivity index (χ3n) is 8.54. The van der Waals surface area contributed by atoms with Crippen LogP contribution in [0.5, 0.6) is 5.75 Å². The van der Waals surface area contributed by atoms with Crippen LogP contribution in [0.1, 0.15) is 52.9 Å². The van der Waals surface area contributed by atoms with Gasteiger partial charge < -0.3 is 31.7 Å². The summed E-state index contributed by atoms with van der Waals surface area (Å²) in [6.45, 7) is 2.83. The van der Waals surface area contributed by atoms with Crippen molar-refractivity contribution in [3.8, 4) is 16.9 Å². The molecular formula is C33H40N6O8S2. The van der Waals surface area contributed by atoms with E-state index in [0.717, 1.165) is 54.0 Å². The number of guanidine groups is 1. The van der Waals surface area contributed by atoms with E-state index in [0.29, 0.717) is 31.6 Å². The van der Waals surface area contributed by atoms with Crippen molar-refractivity contribution in [2.75, 3.05) is 31.0 Å². The number of nitrogens with zero attached hydrogens (tertiary/aromatic N) is 2. The lowest BCUT2D eigenvalue weighted by atomic mass is 9.93. The van der Waals surface area contributed by atoms with Crippen molar-refractivity contribution >= 4 is 50.9 Å². The molecule has 0 bridgehead atoms. The molecule has 5 rings (SSSR count). The normalized spacial score (nSPS) is 15.5. The highest BCUT2D eigenvalue weighted by atomic mass is 32.2. The molecule has 0 aliphatic carbocycles. The number of aliphatic imine (C=N–C) groups is 1. The van der Waals surface area contributed by atoms with Gasteiger partial charge in [-0.15, -0.1) is 11.3 Å². The van der Waals surface area contributed by atoms with Crippen molar-refractivity contribution in [1.82, 2.24) is 10.2 Å². The lowest BCUT2D eigenvalue weighted by Gasteiger charge is -2.31. The highest BCUT2D eigenvalue weighted by molar-refractivity contribution is 7.92. The molecule has 1 saturated heterocycles. The molecule has 16 heteroatoms. The van der Waals surface area contributed by atoms with Gasteiger partial charge in [0, 0.05) is 25.9 Å². The zero-order chi connectivity index (χ0) is 35.1. The van der Waals surface area contributed by atoms with Crippen molar-refractivity contribution in [2.45, 2.75) is 56.0 Å². The Balaban J connectivity index is 1.32. The largest absolute Gasteiger partial charge is 0.492 e. The third-order valence-corrected chi connectivity index (χ3v) is 10.8. The van der Waals surface area contributed by atoms with Crippen LogP contribution in [-0.2, 0) is 32.6 Å². The number of benzene rings is 2. The van der Waals surface area contributed by atoms with E-state index >= 15 is 0 Å². The number of piperidine rings is 1. The Hall–Kier alpha value is -4.67. The van der Waals surface area contributed by atoms with E-state index < -0.39 is 33.9 Å². The second-order valence-electron chi connectivity index (χ2n) is 12.2. The van der Waals surface area contributed by atoms with Crippen LogP contribution in [-0.4, -0.2) is 79.6 Å². The number of likely N-dealkylation sites (tertiary alicyclic amines) is 1. The van der Waals surface area contributed by atoms with Gasteiger partial charge in [-0.1, -0.05) is 18.2 Å². The van der Waals surface area contributed by atoms with Crippen LogP contribution in [0.2, 0.25) is 0 Å². The molecule has 2 aliphatic heterocycles. The van der Waals surface area contributed by atoms with Crippen molar-refractivity contribution in [3.63, 3.8) is 0 Å². The Bertz CT molecular complexity index is 1830. The van der Waals surface area contributed by atoms with Gasteiger partial charge in [-0.05, 0) is 96.6 Å². The average molecular weight is 713 g/mol. The van der Waals surface area contributed by atoms with Gasteiger partial charge in [-0.25, -0.2) is 13.2 Å². The highest BCUT2D eigenvalue weighted by Gasteiger charge is 2.30. The number of rotatable bonds is 15. The summed E-state index contributed by atoms with van der Waals surface area (Å²) in [6.07, 6.45) is 2.76. The molecule has 3 heterocycles. The molecule has 8 N–H and O–H groups in total. The molecule has 1 atom stereocenters. The van der Waals surface area contributed by atoms with Gasteiger partial charge in [0.25, 0.3) is 15.9 Å². The maximum atomic E-state index is 13.9. The number of thiophene rings is 1. The molecule has 14 nitrogen and oxygen atoms in total. The second kappa shape index (κ2) is 15.7. The predicted molar refractivity (Wildman–Crippen MR) is 185 cm³/mol. The molecule has 262 valence electrons. The summed E-state index contributed by atoms with van der Waals surface area (Å²) in [5.41, 5.74) is 14.0. The highest BCUT2D eigenvalue weighted by Crippen LogP contribution is 2.39. The number of hydrogen-bond donors (Lipinski definition) is 6. The van der Waals surface area contributed by atoms with Gasteiger partial charge in [0.1, 0.15) is 21.6 Å². The number of carbonyl (C=O) groups excluding carboxylic acids is 1. The smallest absolute Gasteiger partial charge is 0.326 e. The summed E-state index contributed by atoms with van der Waals surface area (Å²) in [4.78, 5) is 42.1. The summed E-state index contributed by atoms with van der Waals surface area (Å²) in [7, 11) is -4.27. The van der Waals surface area contributed by atoms with Crippen molar-refractivity contribution < 1.29 is 37.8 Å². The number of carbonyl (C=O) groups is 3. The van der Waals surface area contributed by atoms with Gasteiger partial charge in [0.2, 0.25) is 0 Å². The maximum absolute atomic E-state index is 13.9. The molecule has 0 radical (unpaired) electrons. The zero-order valence-corrected chi connectivity index (χ0v) is 28.4. The molecule has 1 amide bonds. The SMILES string of the molecule is NC(N)=NCCC[C@H](NC(=O)c1sccc1NS(=O)(=O)c1cc(-c2cccc(CN3CCC(CC(=O)O)CC3)c2)cc2c1OCC2)C(=O)O. The van der Waals surface area contributed by atoms with Crippen molar-refractivity contribution in [2.24, 2.45) is 22.4 Å². The van der Waals surface area contributed by atoms with Gasteiger partial charge in [-0.3, -0.25) is 24.2 Å². The van der Waals surface area contributed by atoms with Crippen LogP contribution < -0.4 is 26.2 Å². The molecule has 49 heavy (non-hydrogen) atoms. The standard InChI is InChI=1S/C33H40N6O8S2/c34-33(35)36-10-2-5-26(32(43)44)37-31(42)30-25(9-14-48-30)38-49(45,46)27-18-24(17-23-8-13-47-29(23)27)22-4-1-3-21(15-22)19-39-11-6-20(7-12-39)16-28(40)41/h1,3-4,9,14-15,17-18,20,26,38H,2,5-8,10-13,16,19H2,(H,37,42)(H,40,41)(H,43,44)(H4,34,35,36)/t26-/m0/s1. The molecule has 0 spiro atoms. The fourth-order valence-corrected chi connectivity index (χ4v) is 8.19. The van der Waals surface area contributed by atoms with Crippen LogP contribution >= 0.6 is 11.3 Å². The van der Waals surface area contributed by atoms with Crippen LogP contribution in [0.4, 0.5) is 5.69 Å². The van der Waals surface area contributed by atoms with Gasteiger partial charge in [-0.2, -0.15) is 0 Å². The van der Waals surface area contributed by atoms with Gasteiger partial charge in [0.15, 0.2) is 5.96 Å². The first-order valence-corrected chi connectivity index (χ1v) is 18.3. The minimum atomic E-state index is -4.27. The van der Waals surface area contributed by atoms with Gasteiger partial charge in [0.05, 0.1) is 12.3 Å². The molecule has 2 aromatic carbocycles. The Morgan fingerprint density at radius 2 is 1.86 bits per heavy atom. The minimum Gasteiger partial charge on any atom is -0.492 e. The van der Waals surface area contributed by atoms with E-state index in [4.69, 9.17) is 21.3 Å². The van der Waals surface area contributed by atoms with E-state index in [-0.39, 0.29) is 52.5 Å². The lowest BCUT2D eigenvalue weighted by molar-refractivity contribution is -0.140. The molecule has 1 fully saturated rings. The average Bonchev–Trinajstić information content (AvgIpc) is 3.72. The third kappa shape index (κ3) is 9.28. The molecule has 0 saturated carbocycles. The number of carboxylic acids is 2. The first-order chi connectivity index (χ1) is 23.4. The minimum absolute atomic E-state index is 0.00691. The number of nitrogens with two attached hydrogens (primary N) is 2. The molecular weight excluding hydrogens is 673 g/mol. The fourth-order valence-electron chi connectivity index (χ4n) is 6.09. The fraction of sp³-hybridized carbons (Fsp3) is 0.394. The monoisotopic (exact) mass is 712 g/mol. The lowest BCUT2D eigenvalue weighted by Crippen LogP contribution is -2.40. The number of aliphatic carboxylic acids is 2. The quantitative estimate of drug-likeness (QED) is 0.0762. The summed E-state index contributed by atoms with van der Waals surface area (Å²) in [5, 5.41) is 22.8. The summed E-state index contributed by atoms with van der Waals surface area (Å²) in [5.74, 6) is -2.42. The topological polar surface area (TPSA) is 227 Å². The van der Waals surface area contributed by atoms with Crippen LogP contribution in [0.25, 0.3) is 11.1 Å². The van der Waals surface area contributed by atoms with E-state index in [1.54, 1.807) is 11.4 Å². The van der Waals surface area contributed by atoms with E-state index in [2.05, 4.69) is 19.9 Å². The zero-order valence-electron chi connectivity index (χ0n) is 26.8. The van der Waals surface area contributed by atoms with Crippen LogP contribution in [0, 0.1) is 5.92 Å². The van der Waals surface area contributed by atoms with Crippen molar-refractivity contribution in [3.05, 3.63) is 63.8 Å². The van der Waals surface area contributed by atoms with Crippen LogP contribution in [0.3, 0.4) is 0 Å². The van der Waals surface area contributed by atoms with E-state index in [1.165, 1.54) is 6.07 Å². The number of nitrogens with one attached hydrogen (secondary N) is 2. The molecule has 1 aromatic heterocycles. The van der Waals surface area contributed by atoms with E-state index in [9.17, 15) is 27.9 Å². The van der Waals surface area contributed by atoms with Crippen molar-refractivity contribution in [1.29, 1.82) is 0 Å². The summed E-state index contributed by atoms with van der Waals surface area (Å²) >= 11 is 0.975. The molecule has 3 aromatic rings. The molecule has 2 aliphatic rings. The number of hydrogen-bond acceptors (Lipinski definition) is 9. The number of sulfonamides is 1. The summed E-state index contributed by atoms with van der Waals surface area (Å²) in [6, 6.07) is 11.6. The maximum Gasteiger partial charge on any atom is 0.326 e. The van der Waals surface area contributed by atoms with Crippen LogP contribution in [0.15, 0.2) is 57.7 Å². The predicted octanol–water partition coefficient (Wildman–Crippen LogP) is 3.07. The Morgan fingerprint density at radius 1 is 1.08 bits per heavy atom. The van der Waals surface area contributed by atoms with Gasteiger partial charge >= 0.3 is 11.9 Å². The Kier molecular flexibility index (Phi) is 11.4. The Labute approximate surface area is 288 Å². The second-order valence-corrected chi connectivity index (χ2v) is 14.7. The number of anilines is 1. The number of amides is 1. The Morgan fingerprint density at radius 3 is 2.57 bits per heavy atom. The van der Waals surface area contributed by atoms with E-state index in [1.807, 2.05) is 30.3 Å². The first-order valence-electron chi connectivity index (χ1n) is 15.9. The molecule has 0 unspecified atom stereocenters.